The SMILES string of the molecule is COc1ccc(S(=O)(=O)N2CCN(CCNC(=O)COc3ccccc3C)CC2)cc1.Cl. The molecule has 1 N–H and O–H groups in total. The number of rotatable bonds is 9. The minimum absolute atomic E-state index is 0. The van der Waals surface area contributed by atoms with E-state index >= 15 is 0 Å². The number of amides is 1. The van der Waals surface area contributed by atoms with Gasteiger partial charge in [-0.2, -0.15) is 4.31 Å². The van der Waals surface area contributed by atoms with E-state index in [0.29, 0.717) is 50.8 Å². The molecule has 0 unspecified atom stereocenters. The summed E-state index contributed by atoms with van der Waals surface area (Å²) < 4.78 is 37.7. The number of nitrogens with zero attached hydrogens (tertiary/aromatic N) is 2. The fourth-order valence-corrected chi connectivity index (χ4v) is 4.78. The second kappa shape index (κ2) is 12.1. The van der Waals surface area contributed by atoms with Gasteiger partial charge in [-0.15, -0.1) is 12.4 Å². The highest BCUT2D eigenvalue weighted by molar-refractivity contribution is 7.89. The van der Waals surface area contributed by atoms with Crippen LogP contribution in [0.3, 0.4) is 0 Å². The smallest absolute Gasteiger partial charge is 0.257 e. The molecule has 1 fully saturated rings. The molecule has 1 aliphatic heterocycles. The maximum absolute atomic E-state index is 12.8. The van der Waals surface area contributed by atoms with Gasteiger partial charge < -0.3 is 14.8 Å². The first-order valence-corrected chi connectivity index (χ1v) is 11.7. The third-order valence-corrected chi connectivity index (χ3v) is 7.14. The lowest BCUT2D eigenvalue weighted by Gasteiger charge is -2.34. The van der Waals surface area contributed by atoms with Gasteiger partial charge in [0.1, 0.15) is 11.5 Å². The van der Waals surface area contributed by atoms with Crippen LogP contribution < -0.4 is 14.8 Å². The Kier molecular flexibility index (Phi) is 9.77. The number of piperazine rings is 1. The van der Waals surface area contributed by atoms with Gasteiger partial charge in [0.2, 0.25) is 10.0 Å². The Morgan fingerprint density at radius 1 is 1.03 bits per heavy atom. The Bertz CT molecular complexity index is 977. The molecule has 10 heteroatoms. The fourth-order valence-electron chi connectivity index (χ4n) is 3.36. The number of hydrogen-bond acceptors (Lipinski definition) is 6. The number of carbonyl (C=O) groups excluding carboxylic acids is 1. The number of aryl methyl sites for hydroxylation is 1. The van der Waals surface area contributed by atoms with Crippen molar-refractivity contribution >= 4 is 28.3 Å². The molecular weight excluding hydrogens is 454 g/mol. The molecule has 0 radical (unpaired) electrons. The topological polar surface area (TPSA) is 88.2 Å². The molecule has 1 heterocycles. The lowest BCUT2D eigenvalue weighted by atomic mass is 10.2. The molecule has 0 bridgehead atoms. The number of carbonyl (C=O) groups is 1. The van der Waals surface area contributed by atoms with E-state index in [1.54, 1.807) is 31.4 Å². The first-order valence-electron chi connectivity index (χ1n) is 10.2. The van der Waals surface area contributed by atoms with Gasteiger partial charge in [-0.25, -0.2) is 8.42 Å². The number of ether oxygens (including phenoxy) is 2. The number of methoxy groups -OCH3 is 1. The number of para-hydroxylation sites is 1. The van der Waals surface area contributed by atoms with Crippen molar-refractivity contribution in [3.8, 4) is 11.5 Å². The van der Waals surface area contributed by atoms with Crippen LogP contribution in [0.1, 0.15) is 5.56 Å². The number of hydrogen-bond donors (Lipinski definition) is 1. The molecule has 0 spiro atoms. The predicted molar refractivity (Wildman–Crippen MR) is 125 cm³/mol. The summed E-state index contributed by atoms with van der Waals surface area (Å²) in [4.78, 5) is 14.4. The summed E-state index contributed by atoms with van der Waals surface area (Å²) in [6.45, 7) is 5.11. The first-order chi connectivity index (χ1) is 14.9. The molecule has 2 aromatic carbocycles. The maximum atomic E-state index is 12.8. The maximum Gasteiger partial charge on any atom is 0.257 e. The summed E-state index contributed by atoms with van der Waals surface area (Å²) in [6.07, 6.45) is 0. The Balaban J connectivity index is 0.00000363. The Morgan fingerprint density at radius 2 is 1.69 bits per heavy atom. The number of sulfonamides is 1. The van der Waals surface area contributed by atoms with Crippen LogP contribution in [0.4, 0.5) is 0 Å². The second-order valence-corrected chi connectivity index (χ2v) is 9.26. The molecule has 0 atom stereocenters. The summed E-state index contributed by atoms with van der Waals surface area (Å²) in [7, 11) is -1.97. The molecule has 0 aliphatic carbocycles. The van der Waals surface area contributed by atoms with Crippen molar-refractivity contribution in [1.82, 2.24) is 14.5 Å². The van der Waals surface area contributed by atoms with E-state index < -0.39 is 10.0 Å². The van der Waals surface area contributed by atoms with E-state index in [2.05, 4.69) is 10.2 Å². The summed E-state index contributed by atoms with van der Waals surface area (Å²) in [5.41, 5.74) is 0.984. The molecule has 0 saturated carbocycles. The Labute approximate surface area is 196 Å². The third kappa shape index (κ3) is 6.83. The highest BCUT2D eigenvalue weighted by Crippen LogP contribution is 2.20. The average Bonchev–Trinajstić information content (AvgIpc) is 2.79. The van der Waals surface area contributed by atoms with Gasteiger partial charge in [-0.1, -0.05) is 18.2 Å². The van der Waals surface area contributed by atoms with E-state index in [0.717, 1.165) is 5.56 Å². The van der Waals surface area contributed by atoms with Crippen molar-refractivity contribution in [2.24, 2.45) is 0 Å². The van der Waals surface area contributed by atoms with Crippen molar-refractivity contribution in [2.45, 2.75) is 11.8 Å². The van der Waals surface area contributed by atoms with Crippen molar-refractivity contribution < 1.29 is 22.7 Å². The van der Waals surface area contributed by atoms with Gasteiger partial charge in [0.25, 0.3) is 5.91 Å². The zero-order valence-electron chi connectivity index (χ0n) is 18.3. The van der Waals surface area contributed by atoms with Crippen molar-refractivity contribution in [3.05, 3.63) is 54.1 Å². The average molecular weight is 484 g/mol. The molecule has 32 heavy (non-hydrogen) atoms. The van der Waals surface area contributed by atoms with Gasteiger partial charge in [-0.3, -0.25) is 9.69 Å². The van der Waals surface area contributed by atoms with Crippen molar-refractivity contribution in [3.63, 3.8) is 0 Å². The van der Waals surface area contributed by atoms with Crippen LogP contribution in [0, 0.1) is 6.92 Å². The van der Waals surface area contributed by atoms with E-state index in [9.17, 15) is 13.2 Å². The second-order valence-electron chi connectivity index (χ2n) is 7.33. The molecule has 176 valence electrons. The Hall–Kier alpha value is -2.33. The monoisotopic (exact) mass is 483 g/mol. The minimum atomic E-state index is -3.52. The van der Waals surface area contributed by atoms with E-state index in [1.807, 2.05) is 31.2 Å². The highest BCUT2D eigenvalue weighted by Gasteiger charge is 2.28. The number of benzene rings is 2. The van der Waals surface area contributed by atoms with E-state index in [-0.39, 0.29) is 29.8 Å². The summed E-state index contributed by atoms with van der Waals surface area (Å²) in [5, 5.41) is 2.85. The van der Waals surface area contributed by atoms with Gasteiger partial charge in [0, 0.05) is 39.3 Å². The lowest BCUT2D eigenvalue weighted by Crippen LogP contribution is -2.50. The van der Waals surface area contributed by atoms with E-state index in [1.165, 1.54) is 4.31 Å². The quantitative estimate of drug-likeness (QED) is 0.586. The van der Waals surface area contributed by atoms with Crippen LogP contribution in [0.25, 0.3) is 0 Å². The van der Waals surface area contributed by atoms with Crippen LogP contribution in [0.2, 0.25) is 0 Å². The molecule has 1 aliphatic rings. The summed E-state index contributed by atoms with van der Waals surface area (Å²) in [5.74, 6) is 1.14. The first kappa shape index (κ1) is 25.9. The third-order valence-electron chi connectivity index (χ3n) is 5.23. The zero-order chi connectivity index (χ0) is 22.3. The molecule has 8 nitrogen and oxygen atoms in total. The van der Waals surface area contributed by atoms with Gasteiger partial charge in [-0.05, 0) is 42.8 Å². The van der Waals surface area contributed by atoms with E-state index in [4.69, 9.17) is 9.47 Å². The molecule has 0 aromatic heterocycles. The van der Waals surface area contributed by atoms with Crippen LogP contribution >= 0.6 is 12.4 Å². The minimum Gasteiger partial charge on any atom is -0.497 e. The number of halogens is 1. The van der Waals surface area contributed by atoms with Gasteiger partial charge in [0.05, 0.1) is 12.0 Å². The zero-order valence-corrected chi connectivity index (χ0v) is 20.0. The van der Waals surface area contributed by atoms with Crippen LogP contribution in [0.5, 0.6) is 11.5 Å². The standard InChI is InChI=1S/C22H29N3O5S.ClH/c1-18-5-3-4-6-21(18)30-17-22(26)23-11-12-24-13-15-25(16-14-24)31(27,28)20-9-7-19(29-2)8-10-20;/h3-10H,11-17H2,1-2H3,(H,23,26);1H. The van der Waals surface area contributed by atoms with Crippen molar-refractivity contribution in [1.29, 1.82) is 0 Å². The van der Waals surface area contributed by atoms with Crippen LogP contribution in [-0.2, 0) is 14.8 Å². The predicted octanol–water partition coefficient (Wildman–Crippen LogP) is 1.93. The van der Waals surface area contributed by atoms with Crippen molar-refractivity contribution in [2.75, 3.05) is 53.0 Å². The molecule has 1 saturated heterocycles. The van der Waals surface area contributed by atoms with Gasteiger partial charge >= 0.3 is 0 Å². The molecule has 3 rings (SSSR count). The van der Waals surface area contributed by atoms with Gasteiger partial charge in [0.15, 0.2) is 6.61 Å². The fraction of sp³-hybridized carbons (Fsp3) is 0.409. The van der Waals surface area contributed by atoms with Crippen LogP contribution in [0.15, 0.2) is 53.4 Å². The molecule has 1 amide bonds. The lowest BCUT2D eigenvalue weighted by molar-refractivity contribution is -0.123. The molecule has 2 aromatic rings. The normalized spacial score (nSPS) is 14.9. The largest absolute Gasteiger partial charge is 0.497 e. The Morgan fingerprint density at radius 3 is 2.31 bits per heavy atom. The summed E-state index contributed by atoms with van der Waals surface area (Å²) >= 11 is 0. The molecular formula is C22H30ClN3O5S. The highest BCUT2D eigenvalue weighted by atomic mass is 35.5. The van der Waals surface area contributed by atoms with Crippen LogP contribution in [-0.4, -0.2) is 76.5 Å². The number of nitrogens with one attached hydrogen (secondary N) is 1. The summed E-state index contributed by atoms with van der Waals surface area (Å²) in [6, 6.07) is 14.0.